The van der Waals surface area contributed by atoms with Crippen molar-refractivity contribution in [2.75, 3.05) is 13.2 Å². The summed E-state index contributed by atoms with van der Waals surface area (Å²) in [5.41, 5.74) is 4.14. The van der Waals surface area contributed by atoms with Gasteiger partial charge in [-0.2, -0.15) is 0 Å². The fourth-order valence-electron chi connectivity index (χ4n) is 3.03. The third kappa shape index (κ3) is 3.58. The molecule has 0 radical (unpaired) electrons. The molecule has 1 aromatic rings. The molecule has 1 N–H and O–H groups in total. The van der Waals surface area contributed by atoms with Crippen LogP contribution in [0.1, 0.15) is 49.5 Å². The normalized spacial score (nSPS) is 23.8. The Morgan fingerprint density at radius 2 is 1.95 bits per heavy atom. The molecule has 0 spiro atoms. The highest BCUT2D eigenvalue weighted by atomic mass is 16.5. The van der Waals surface area contributed by atoms with E-state index in [9.17, 15) is 0 Å². The molecule has 2 nitrogen and oxygen atoms in total. The largest absolute Gasteiger partial charge is 0.373 e. The Kier molecular flexibility index (Phi) is 5.00. The van der Waals surface area contributed by atoms with E-state index in [4.69, 9.17) is 4.74 Å². The molecule has 1 aromatic carbocycles. The van der Waals surface area contributed by atoms with Gasteiger partial charge >= 0.3 is 0 Å². The van der Waals surface area contributed by atoms with E-state index in [0.29, 0.717) is 12.0 Å². The van der Waals surface area contributed by atoms with Gasteiger partial charge in [0.15, 0.2) is 0 Å². The zero-order chi connectivity index (χ0) is 13.8. The van der Waals surface area contributed by atoms with Crippen LogP contribution in [-0.2, 0) is 4.74 Å². The second kappa shape index (κ2) is 6.53. The highest BCUT2D eigenvalue weighted by Gasteiger charge is 2.29. The van der Waals surface area contributed by atoms with E-state index in [-0.39, 0.29) is 6.10 Å². The molecule has 2 heteroatoms. The lowest BCUT2D eigenvalue weighted by Crippen LogP contribution is -2.35. The average Bonchev–Trinajstić information content (AvgIpc) is 2.37. The SMILES string of the molecule is Cc1cccc(C)c1C1OCCCC1CNC(C)C. The van der Waals surface area contributed by atoms with Gasteiger partial charge in [-0.15, -0.1) is 0 Å². The molecule has 0 saturated carbocycles. The molecule has 0 bridgehead atoms. The van der Waals surface area contributed by atoms with Crippen molar-refractivity contribution in [3.63, 3.8) is 0 Å². The zero-order valence-corrected chi connectivity index (χ0v) is 12.7. The predicted molar refractivity (Wildman–Crippen MR) is 80.5 cm³/mol. The van der Waals surface area contributed by atoms with Crippen molar-refractivity contribution in [2.45, 2.75) is 52.7 Å². The minimum atomic E-state index is 0.265. The number of hydrogen-bond donors (Lipinski definition) is 1. The maximum absolute atomic E-state index is 6.13. The summed E-state index contributed by atoms with van der Waals surface area (Å²) in [6.45, 7) is 10.8. The Bertz CT molecular complexity index is 393. The summed E-state index contributed by atoms with van der Waals surface area (Å²) in [5, 5.41) is 3.57. The minimum Gasteiger partial charge on any atom is -0.373 e. The van der Waals surface area contributed by atoms with Gasteiger partial charge in [0.2, 0.25) is 0 Å². The number of aryl methyl sites for hydroxylation is 2. The maximum Gasteiger partial charge on any atom is 0.0870 e. The first-order valence-electron chi connectivity index (χ1n) is 7.50. The summed E-state index contributed by atoms with van der Waals surface area (Å²) in [7, 11) is 0. The van der Waals surface area contributed by atoms with E-state index in [1.54, 1.807) is 0 Å². The molecule has 2 unspecified atom stereocenters. The van der Waals surface area contributed by atoms with Gasteiger partial charge in [0.25, 0.3) is 0 Å². The van der Waals surface area contributed by atoms with Gasteiger partial charge in [-0.25, -0.2) is 0 Å². The van der Waals surface area contributed by atoms with Gasteiger partial charge in [0.1, 0.15) is 0 Å². The fraction of sp³-hybridized carbons (Fsp3) is 0.647. The molecule has 0 amide bonds. The van der Waals surface area contributed by atoms with Crippen LogP contribution in [0.3, 0.4) is 0 Å². The third-order valence-electron chi connectivity index (χ3n) is 4.06. The first kappa shape index (κ1) is 14.5. The van der Waals surface area contributed by atoms with Gasteiger partial charge in [0, 0.05) is 25.1 Å². The van der Waals surface area contributed by atoms with Gasteiger partial charge in [-0.1, -0.05) is 32.0 Å². The second-order valence-electron chi connectivity index (χ2n) is 6.06. The van der Waals surface area contributed by atoms with Crippen LogP contribution >= 0.6 is 0 Å². The molecule has 1 fully saturated rings. The predicted octanol–water partition coefficient (Wildman–Crippen LogP) is 3.77. The van der Waals surface area contributed by atoms with Crippen LogP contribution in [0.4, 0.5) is 0 Å². The summed E-state index contributed by atoms with van der Waals surface area (Å²) < 4.78 is 6.13. The molecular weight excluding hydrogens is 234 g/mol. The Labute approximate surface area is 117 Å². The van der Waals surface area contributed by atoms with Crippen LogP contribution in [0.15, 0.2) is 18.2 Å². The van der Waals surface area contributed by atoms with Crippen LogP contribution in [-0.4, -0.2) is 19.2 Å². The summed E-state index contributed by atoms with van der Waals surface area (Å²) in [6, 6.07) is 7.08. The summed E-state index contributed by atoms with van der Waals surface area (Å²) >= 11 is 0. The van der Waals surface area contributed by atoms with Gasteiger partial charge in [0.05, 0.1) is 6.10 Å². The molecule has 1 aliphatic heterocycles. The van der Waals surface area contributed by atoms with Crippen molar-refractivity contribution >= 4 is 0 Å². The number of nitrogens with one attached hydrogen (secondary N) is 1. The van der Waals surface area contributed by atoms with E-state index in [2.05, 4.69) is 51.2 Å². The van der Waals surface area contributed by atoms with Crippen molar-refractivity contribution in [1.29, 1.82) is 0 Å². The van der Waals surface area contributed by atoms with Crippen molar-refractivity contribution in [1.82, 2.24) is 5.32 Å². The number of benzene rings is 1. The topological polar surface area (TPSA) is 21.3 Å². The fourth-order valence-corrected chi connectivity index (χ4v) is 3.03. The maximum atomic E-state index is 6.13. The Morgan fingerprint density at radius 3 is 2.58 bits per heavy atom. The Hall–Kier alpha value is -0.860. The smallest absolute Gasteiger partial charge is 0.0870 e. The van der Waals surface area contributed by atoms with Crippen molar-refractivity contribution < 1.29 is 4.74 Å². The monoisotopic (exact) mass is 261 g/mol. The minimum absolute atomic E-state index is 0.265. The summed E-state index contributed by atoms with van der Waals surface area (Å²) in [4.78, 5) is 0. The van der Waals surface area contributed by atoms with Gasteiger partial charge < -0.3 is 10.1 Å². The molecule has 0 aromatic heterocycles. The lowest BCUT2D eigenvalue weighted by molar-refractivity contribution is -0.0289. The van der Waals surface area contributed by atoms with Crippen molar-refractivity contribution in [2.24, 2.45) is 5.92 Å². The first-order chi connectivity index (χ1) is 9.09. The number of hydrogen-bond acceptors (Lipinski definition) is 2. The molecule has 2 rings (SSSR count). The van der Waals surface area contributed by atoms with Gasteiger partial charge in [-0.3, -0.25) is 0 Å². The summed E-state index contributed by atoms with van der Waals surface area (Å²) in [6.07, 6.45) is 2.71. The second-order valence-corrected chi connectivity index (χ2v) is 6.06. The van der Waals surface area contributed by atoms with E-state index in [1.165, 1.54) is 29.5 Å². The number of rotatable bonds is 4. The van der Waals surface area contributed by atoms with Crippen LogP contribution in [0.5, 0.6) is 0 Å². The van der Waals surface area contributed by atoms with Crippen LogP contribution in [0.25, 0.3) is 0 Å². The van der Waals surface area contributed by atoms with Gasteiger partial charge in [-0.05, 0) is 43.4 Å². The highest BCUT2D eigenvalue weighted by Crippen LogP contribution is 2.36. The highest BCUT2D eigenvalue weighted by molar-refractivity contribution is 5.36. The van der Waals surface area contributed by atoms with E-state index < -0.39 is 0 Å². The van der Waals surface area contributed by atoms with Crippen molar-refractivity contribution in [3.8, 4) is 0 Å². The lowest BCUT2D eigenvalue weighted by Gasteiger charge is -2.34. The zero-order valence-electron chi connectivity index (χ0n) is 12.7. The Balaban J connectivity index is 2.19. The molecule has 1 heterocycles. The quantitative estimate of drug-likeness (QED) is 0.891. The summed E-state index contributed by atoms with van der Waals surface area (Å²) in [5.74, 6) is 0.593. The van der Waals surface area contributed by atoms with E-state index in [0.717, 1.165) is 13.2 Å². The Morgan fingerprint density at radius 1 is 1.26 bits per heavy atom. The van der Waals surface area contributed by atoms with Crippen LogP contribution < -0.4 is 5.32 Å². The third-order valence-corrected chi connectivity index (χ3v) is 4.06. The van der Waals surface area contributed by atoms with E-state index in [1.807, 2.05) is 0 Å². The average molecular weight is 261 g/mol. The van der Waals surface area contributed by atoms with Crippen LogP contribution in [0, 0.1) is 19.8 Å². The molecule has 106 valence electrons. The molecule has 19 heavy (non-hydrogen) atoms. The van der Waals surface area contributed by atoms with E-state index >= 15 is 0 Å². The number of ether oxygens (including phenoxy) is 1. The molecule has 1 aliphatic rings. The van der Waals surface area contributed by atoms with Crippen molar-refractivity contribution in [3.05, 3.63) is 34.9 Å². The molecular formula is C17H27NO. The lowest BCUT2D eigenvalue weighted by atomic mass is 9.85. The standard InChI is InChI=1S/C17H27NO/c1-12(2)18-11-15-9-6-10-19-17(15)16-13(3)7-5-8-14(16)4/h5,7-8,12,15,17-18H,6,9-11H2,1-4H3. The molecule has 2 atom stereocenters. The molecule has 0 aliphatic carbocycles. The molecule has 1 saturated heterocycles. The first-order valence-corrected chi connectivity index (χ1v) is 7.50. The van der Waals surface area contributed by atoms with Crippen LogP contribution in [0.2, 0.25) is 0 Å².